The fraction of sp³-hybridized carbons (Fsp3) is 0.250. The van der Waals surface area contributed by atoms with Gasteiger partial charge in [0.25, 0.3) is 0 Å². The van der Waals surface area contributed by atoms with Gasteiger partial charge in [-0.1, -0.05) is 42.0 Å². The highest BCUT2D eigenvalue weighted by Gasteiger charge is 2.35. The second-order valence-electron chi connectivity index (χ2n) is 7.37. The van der Waals surface area contributed by atoms with E-state index in [-0.39, 0.29) is 11.8 Å². The van der Waals surface area contributed by atoms with Crippen molar-refractivity contribution in [1.82, 2.24) is 10.2 Å². The van der Waals surface area contributed by atoms with Crippen molar-refractivity contribution in [1.29, 1.82) is 5.26 Å². The van der Waals surface area contributed by atoms with Crippen molar-refractivity contribution in [3.8, 4) is 23.2 Å². The molecule has 0 fully saturated rings. The Balaban J connectivity index is 1.84. The average molecular weight is 399 g/mol. The molecule has 0 saturated carbocycles. The fourth-order valence-electron chi connectivity index (χ4n) is 3.99. The molecule has 2 heterocycles. The molecule has 0 amide bonds. The number of aromatic nitrogens is 2. The van der Waals surface area contributed by atoms with Crippen LogP contribution in [0.1, 0.15) is 36.5 Å². The van der Waals surface area contributed by atoms with E-state index in [1.807, 2.05) is 19.1 Å². The zero-order chi connectivity index (χ0) is 21.3. The predicted molar refractivity (Wildman–Crippen MR) is 118 cm³/mol. The third-order valence-corrected chi connectivity index (χ3v) is 5.63. The molecule has 152 valence electrons. The second kappa shape index (κ2) is 7.96. The van der Waals surface area contributed by atoms with Gasteiger partial charge in [0.05, 0.1) is 17.2 Å². The van der Waals surface area contributed by atoms with Crippen LogP contribution in [0.5, 0.6) is 5.88 Å². The summed E-state index contributed by atoms with van der Waals surface area (Å²) in [7, 11) is 0. The Kier molecular flexibility index (Phi) is 5.20. The Bertz CT molecular complexity index is 1120. The molecule has 2 aromatic carbocycles. The van der Waals surface area contributed by atoms with Gasteiger partial charge in [0.15, 0.2) is 0 Å². The number of nitriles is 1. The first kappa shape index (κ1) is 19.6. The first-order chi connectivity index (χ1) is 14.6. The topological polar surface area (TPSA) is 91.0 Å². The second-order valence-corrected chi connectivity index (χ2v) is 7.37. The zero-order valence-electron chi connectivity index (χ0n) is 17.4. The molecule has 3 aromatic rings. The summed E-state index contributed by atoms with van der Waals surface area (Å²) >= 11 is 0. The Hall–Kier alpha value is -3.72. The normalized spacial score (nSPS) is 15.3. The molecular weight excluding hydrogens is 374 g/mol. The van der Waals surface area contributed by atoms with Crippen molar-refractivity contribution in [3.63, 3.8) is 0 Å². The number of nitrogens with two attached hydrogens (primary N) is 1. The number of aromatic amines is 1. The first-order valence-corrected chi connectivity index (χ1v) is 10.1. The number of H-pyrrole nitrogens is 1. The lowest BCUT2D eigenvalue weighted by Crippen LogP contribution is -2.22. The molecule has 1 aliphatic heterocycles. The lowest BCUT2D eigenvalue weighted by atomic mass is 9.83. The van der Waals surface area contributed by atoms with Gasteiger partial charge >= 0.3 is 0 Å². The molecule has 6 heteroatoms. The predicted octanol–water partition coefficient (Wildman–Crippen LogP) is 4.45. The van der Waals surface area contributed by atoms with Crippen LogP contribution in [0.3, 0.4) is 0 Å². The van der Waals surface area contributed by atoms with Gasteiger partial charge in [0.2, 0.25) is 11.8 Å². The number of ether oxygens (including phenoxy) is 1. The van der Waals surface area contributed by atoms with Crippen molar-refractivity contribution in [2.24, 2.45) is 5.73 Å². The largest absolute Gasteiger partial charge is 0.420 e. The zero-order valence-corrected chi connectivity index (χ0v) is 17.4. The smallest absolute Gasteiger partial charge is 0.244 e. The molecule has 4 rings (SSSR count). The summed E-state index contributed by atoms with van der Waals surface area (Å²) in [6.45, 7) is 8.20. The number of anilines is 1. The number of hydrogen-bond acceptors (Lipinski definition) is 5. The highest BCUT2D eigenvalue weighted by Crippen LogP contribution is 2.45. The number of hydrogen-bond donors (Lipinski definition) is 2. The first-order valence-electron chi connectivity index (χ1n) is 10.1. The van der Waals surface area contributed by atoms with E-state index in [1.165, 1.54) is 5.56 Å². The third-order valence-electron chi connectivity index (χ3n) is 5.63. The number of fused-ring (bicyclic) bond motifs is 1. The van der Waals surface area contributed by atoms with Crippen LogP contribution in [-0.4, -0.2) is 23.3 Å². The Morgan fingerprint density at radius 3 is 2.37 bits per heavy atom. The lowest BCUT2D eigenvalue weighted by Gasteiger charge is -2.25. The summed E-state index contributed by atoms with van der Waals surface area (Å²) in [4.78, 5) is 2.28. The third kappa shape index (κ3) is 3.29. The van der Waals surface area contributed by atoms with E-state index in [0.717, 1.165) is 41.2 Å². The number of benzene rings is 2. The number of nitrogens with zero attached hydrogens (tertiary/aromatic N) is 3. The summed E-state index contributed by atoms with van der Waals surface area (Å²) in [6, 6.07) is 18.7. The number of rotatable bonds is 5. The SMILES string of the molecule is CCN(CC)c1ccc(C2C(C#N)=C(N)Oc3n[nH]c(-c4ccc(C)cc4)c32)cc1. The van der Waals surface area contributed by atoms with Crippen LogP contribution < -0.4 is 15.4 Å². The maximum atomic E-state index is 9.87. The summed E-state index contributed by atoms with van der Waals surface area (Å²) in [5.41, 5.74) is 12.4. The molecule has 0 bridgehead atoms. The molecular formula is C24H25N5O. The van der Waals surface area contributed by atoms with E-state index in [0.29, 0.717) is 11.5 Å². The van der Waals surface area contributed by atoms with E-state index in [9.17, 15) is 5.26 Å². The molecule has 1 atom stereocenters. The standard InChI is InChI=1S/C24H25N5O/c1-4-29(5-2)18-12-10-16(11-13-18)20-19(14-25)23(26)30-24-21(20)22(27-28-24)17-8-6-15(3)7-9-17/h6-13,20H,4-5,26H2,1-3H3,(H,27,28). The van der Waals surface area contributed by atoms with Gasteiger partial charge in [-0.3, -0.25) is 5.10 Å². The fourth-order valence-corrected chi connectivity index (χ4v) is 3.99. The Morgan fingerprint density at radius 1 is 1.10 bits per heavy atom. The van der Waals surface area contributed by atoms with E-state index in [4.69, 9.17) is 10.5 Å². The van der Waals surface area contributed by atoms with Crippen molar-refractivity contribution < 1.29 is 4.74 Å². The Labute approximate surface area is 176 Å². The van der Waals surface area contributed by atoms with Crippen LogP contribution in [0.4, 0.5) is 5.69 Å². The lowest BCUT2D eigenvalue weighted by molar-refractivity contribution is 0.379. The van der Waals surface area contributed by atoms with Gasteiger partial charge in [-0.05, 0) is 38.5 Å². The van der Waals surface area contributed by atoms with Crippen LogP contribution in [0.2, 0.25) is 0 Å². The van der Waals surface area contributed by atoms with E-state index in [1.54, 1.807) is 0 Å². The highest BCUT2D eigenvalue weighted by molar-refractivity contribution is 5.71. The van der Waals surface area contributed by atoms with Crippen molar-refractivity contribution >= 4 is 5.69 Å². The van der Waals surface area contributed by atoms with Crippen LogP contribution in [-0.2, 0) is 0 Å². The minimum Gasteiger partial charge on any atom is -0.420 e. The Morgan fingerprint density at radius 2 is 1.77 bits per heavy atom. The number of nitrogens with one attached hydrogen (secondary N) is 1. The van der Waals surface area contributed by atoms with Gasteiger partial charge < -0.3 is 15.4 Å². The van der Waals surface area contributed by atoms with Crippen molar-refractivity contribution in [3.05, 3.63) is 76.7 Å². The van der Waals surface area contributed by atoms with Gasteiger partial charge in [-0.25, -0.2) is 0 Å². The van der Waals surface area contributed by atoms with E-state index in [2.05, 4.69) is 71.4 Å². The molecule has 0 spiro atoms. The molecule has 1 unspecified atom stereocenters. The summed E-state index contributed by atoms with van der Waals surface area (Å²) in [5, 5.41) is 17.3. The van der Waals surface area contributed by atoms with Crippen molar-refractivity contribution in [2.75, 3.05) is 18.0 Å². The van der Waals surface area contributed by atoms with Gasteiger partial charge in [0, 0.05) is 24.3 Å². The monoisotopic (exact) mass is 399 g/mol. The summed E-state index contributed by atoms with van der Waals surface area (Å²) in [6.07, 6.45) is 0. The molecule has 0 aliphatic carbocycles. The summed E-state index contributed by atoms with van der Waals surface area (Å²) < 4.78 is 5.69. The average Bonchev–Trinajstić information content (AvgIpc) is 3.18. The van der Waals surface area contributed by atoms with E-state index < -0.39 is 0 Å². The molecule has 1 aliphatic rings. The van der Waals surface area contributed by atoms with Crippen LogP contribution in [0, 0.1) is 18.3 Å². The van der Waals surface area contributed by atoms with Crippen LogP contribution >= 0.6 is 0 Å². The molecule has 6 nitrogen and oxygen atoms in total. The van der Waals surface area contributed by atoms with Gasteiger partial charge in [-0.15, -0.1) is 5.10 Å². The van der Waals surface area contributed by atoms with Crippen LogP contribution in [0.15, 0.2) is 60.0 Å². The molecule has 0 radical (unpaired) electrons. The van der Waals surface area contributed by atoms with Crippen molar-refractivity contribution in [2.45, 2.75) is 26.7 Å². The van der Waals surface area contributed by atoms with Gasteiger partial charge in [-0.2, -0.15) is 5.26 Å². The quantitative estimate of drug-likeness (QED) is 0.661. The molecule has 3 N–H and O–H groups in total. The van der Waals surface area contributed by atoms with E-state index >= 15 is 0 Å². The maximum absolute atomic E-state index is 9.87. The minimum atomic E-state index is -0.348. The molecule has 1 aromatic heterocycles. The molecule has 0 saturated heterocycles. The number of aryl methyl sites for hydroxylation is 1. The highest BCUT2D eigenvalue weighted by atomic mass is 16.5. The number of allylic oxidation sites excluding steroid dienone is 1. The molecule has 30 heavy (non-hydrogen) atoms. The van der Waals surface area contributed by atoms with Gasteiger partial charge in [0.1, 0.15) is 11.6 Å². The van der Waals surface area contributed by atoms with Crippen LogP contribution in [0.25, 0.3) is 11.3 Å². The summed E-state index contributed by atoms with van der Waals surface area (Å²) in [5.74, 6) is 0.171. The maximum Gasteiger partial charge on any atom is 0.244 e. The minimum absolute atomic E-state index is 0.102.